The van der Waals surface area contributed by atoms with Gasteiger partial charge in [0.25, 0.3) is 0 Å². The van der Waals surface area contributed by atoms with E-state index in [2.05, 4.69) is 0 Å². The van der Waals surface area contributed by atoms with Gasteiger partial charge in [0.1, 0.15) is 0 Å². The van der Waals surface area contributed by atoms with Crippen LogP contribution in [0.3, 0.4) is 0 Å². The summed E-state index contributed by atoms with van der Waals surface area (Å²) >= 11 is 0. The van der Waals surface area contributed by atoms with Gasteiger partial charge in [-0.15, -0.1) is 0 Å². The summed E-state index contributed by atoms with van der Waals surface area (Å²) in [7, 11) is 5.65. The maximum Gasteiger partial charge on any atom is 0.331 e. The van der Waals surface area contributed by atoms with Crippen molar-refractivity contribution in [2.24, 2.45) is 0 Å². The lowest BCUT2D eigenvalue weighted by molar-refractivity contribution is -0.145. The van der Waals surface area contributed by atoms with Crippen LogP contribution in [-0.4, -0.2) is 50.8 Å². The summed E-state index contributed by atoms with van der Waals surface area (Å²) in [5.74, 6) is -0.276. The number of carbonyl (C=O) groups is 2. The highest BCUT2D eigenvalue weighted by atomic mass is 16.5. The average molecular weight is 283 g/mol. The van der Waals surface area contributed by atoms with Crippen LogP contribution < -0.4 is 14.2 Å². The van der Waals surface area contributed by atoms with Crippen LogP contribution in [0.5, 0.6) is 17.2 Å². The third-order valence-corrected chi connectivity index (χ3v) is 2.84. The molecule has 0 aromatic heterocycles. The van der Waals surface area contributed by atoms with Crippen LogP contribution in [0.15, 0.2) is 12.1 Å². The van der Waals surface area contributed by atoms with Crippen molar-refractivity contribution in [2.75, 3.05) is 28.4 Å². The van der Waals surface area contributed by atoms with Gasteiger partial charge >= 0.3 is 5.97 Å². The molecule has 7 nitrogen and oxygen atoms in total. The SMILES string of the molecule is COc1ccc(C(C(=O)O)N(C)C=O)c(OC)c1OC. The van der Waals surface area contributed by atoms with Crippen molar-refractivity contribution in [3.8, 4) is 17.2 Å². The molecule has 1 rings (SSSR count). The summed E-state index contributed by atoms with van der Waals surface area (Å²) in [5, 5.41) is 9.31. The molecule has 0 saturated carbocycles. The number of nitrogens with zero attached hydrogens (tertiary/aromatic N) is 1. The second-order valence-corrected chi connectivity index (χ2v) is 3.94. The zero-order valence-corrected chi connectivity index (χ0v) is 11.7. The van der Waals surface area contributed by atoms with E-state index in [4.69, 9.17) is 14.2 Å². The molecule has 1 amide bonds. The topological polar surface area (TPSA) is 85.3 Å². The lowest BCUT2D eigenvalue weighted by Crippen LogP contribution is -2.30. The van der Waals surface area contributed by atoms with Crippen LogP contribution in [0.25, 0.3) is 0 Å². The van der Waals surface area contributed by atoms with Gasteiger partial charge in [-0.05, 0) is 12.1 Å². The highest BCUT2D eigenvalue weighted by molar-refractivity contribution is 5.80. The molecule has 110 valence electrons. The van der Waals surface area contributed by atoms with Crippen LogP contribution in [0, 0.1) is 0 Å². The summed E-state index contributed by atoms with van der Waals surface area (Å²) in [6.45, 7) is 0. The fourth-order valence-electron chi connectivity index (χ4n) is 1.93. The smallest absolute Gasteiger partial charge is 0.331 e. The number of methoxy groups -OCH3 is 3. The second-order valence-electron chi connectivity index (χ2n) is 3.94. The number of carboxylic acids is 1. The molecule has 0 aliphatic rings. The Morgan fingerprint density at radius 2 is 1.80 bits per heavy atom. The minimum absolute atomic E-state index is 0.216. The Kier molecular flexibility index (Phi) is 5.19. The van der Waals surface area contributed by atoms with Gasteiger partial charge < -0.3 is 24.2 Å². The standard InChI is InChI=1S/C13H17NO6/c1-14(7-15)10(13(16)17)8-5-6-9(18-2)12(20-4)11(8)19-3/h5-7,10H,1-4H3,(H,16,17). The van der Waals surface area contributed by atoms with E-state index in [0.29, 0.717) is 17.7 Å². The summed E-state index contributed by atoms with van der Waals surface area (Å²) in [6.07, 6.45) is 0.439. The van der Waals surface area contributed by atoms with Crippen molar-refractivity contribution in [2.45, 2.75) is 6.04 Å². The van der Waals surface area contributed by atoms with E-state index in [1.54, 1.807) is 6.07 Å². The van der Waals surface area contributed by atoms with Crippen molar-refractivity contribution < 1.29 is 28.9 Å². The summed E-state index contributed by atoms with van der Waals surface area (Å²) < 4.78 is 15.5. The number of hydrogen-bond acceptors (Lipinski definition) is 5. The predicted octanol–water partition coefficient (Wildman–Crippen LogP) is 0.926. The van der Waals surface area contributed by atoms with Crippen LogP contribution >= 0.6 is 0 Å². The van der Waals surface area contributed by atoms with E-state index < -0.39 is 12.0 Å². The van der Waals surface area contributed by atoms with Crippen molar-refractivity contribution in [3.05, 3.63) is 17.7 Å². The fraction of sp³-hybridized carbons (Fsp3) is 0.385. The van der Waals surface area contributed by atoms with Gasteiger partial charge in [-0.25, -0.2) is 4.79 Å². The third-order valence-electron chi connectivity index (χ3n) is 2.84. The maximum absolute atomic E-state index is 11.4. The molecule has 0 fully saturated rings. The molecule has 0 bridgehead atoms. The molecule has 1 aromatic carbocycles. The molecule has 1 N–H and O–H groups in total. The van der Waals surface area contributed by atoms with Gasteiger partial charge in [-0.2, -0.15) is 0 Å². The first kappa shape index (κ1) is 15.6. The van der Waals surface area contributed by atoms with Crippen LogP contribution in [0.1, 0.15) is 11.6 Å². The molecule has 0 radical (unpaired) electrons. The Morgan fingerprint density at radius 1 is 1.20 bits per heavy atom. The lowest BCUT2D eigenvalue weighted by Gasteiger charge is -2.24. The first-order valence-electron chi connectivity index (χ1n) is 5.70. The van der Waals surface area contributed by atoms with Gasteiger partial charge in [0.05, 0.1) is 21.3 Å². The number of carboxylic acid groups (broad SMARTS) is 1. The van der Waals surface area contributed by atoms with Crippen LogP contribution in [0.2, 0.25) is 0 Å². The number of carbonyl (C=O) groups excluding carboxylic acids is 1. The summed E-state index contributed by atoms with van der Waals surface area (Å²) in [6, 6.07) is 1.91. The van der Waals surface area contributed by atoms with Crippen molar-refractivity contribution in [1.82, 2.24) is 4.90 Å². The monoisotopic (exact) mass is 283 g/mol. The predicted molar refractivity (Wildman–Crippen MR) is 70.3 cm³/mol. The average Bonchev–Trinajstić information content (AvgIpc) is 2.45. The number of aliphatic carboxylic acids is 1. The Morgan fingerprint density at radius 3 is 2.20 bits per heavy atom. The molecule has 0 heterocycles. The van der Waals surface area contributed by atoms with Gasteiger partial charge in [0, 0.05) is 12.6 Å². The van der Waals surface area contributed by atoms with Crippen molar-refractivity contribution >= 4 is 12.4 Å². The fourth-order valence-corrected chi connectivity index (χ4v) is 1.93. The lowest BCUT2D eigenvalue weighted by atomic mass is 10.0. The van der Waals surface area contributed by atoms with Gasteiger partial charge in [0.2, 0.25) is 12.2 Å². The van der Waals surface area contributed by atoms with E-state index in [1.807, 2.05) is 0 Å². The Balaban J connectivity index is 3.50. The van der Waals surface area contributed by atoms with Crippen LogP contribution in [0.4, 0.5) is 0 Å². The number of ether oxygens (including phenoxy) is 3. The largest absolute Gasteiger partial charge is 0.493 e. The van der Waals surface area contributed by atoms with Gasteiger partial charge in [0.15, 0.2) is 17.5 Å². The number of benzene rings is 1. The molecule has 0 aliphatic heterocycles. The van der Waals surface area contributed by atoms with Gasteiger partial charge in [-0.1, -0.05) is 0 Å². The number of amides is 1. The highest BCUT2D eigenvalue weighted by Gasteiger charge is 2.30. The second kappa shape index (κ2) is 6.65. The van der Waals surface area contributed by atoms with E-state index in [0.717, 1.165) is 4.90 Å². The van der Waals surface area contributed by atoms with E-state index in [1.165, 1.54) is 34.4 Å². The quantitative estimate of drug-likeness (QED) is 0.749. The molecule has 0 spiro atoms. The summed E-state index contributed by atoms with van der Waals surface area (Å²) in [4.78, 5) is 23.3. The molecule has 20 heavy (non-hydrogen) atoms. The molecule has 0 saturated heterocycles. The number of hydrogen-bond donors (Lipinski definition) is 1. The first-order valence-corrected chi connectivity index (χ1v) is 5.70. The van der Waals surface area contributed by atoms with Gasteiger partial charge in [-0.3, -0.25) is 4.79 Å². The molecule has 1 unspecified atom stereocenters. The number of rotatable bonds is 7. The Labute approximate surface area is 116 Å². The molecular weight excluding hydrogens is 266 g/mol. The van der Waals surface area contributed by atoms with Crippen molar-refractivity contribution in [3.63, 3.8) is 0 Å². The minimum Gasteiger partial charge on any atom is -0.493 e. The Hall–Kier alpha value is -2.44. The molecular formula is C13H17NO6. The minimum atomic E-state index is -1.18. The van der Waals surface area contributed by atoms with E-state index in [9.17, 15) is 14.7 Å². The zero-order valence-electron chi connectivity index (χ0n) is 11.7. The van der Waals surface area contributed by atoms with Crippen molar-refractivity contribution in [1.29, 1.82) is 0 Å². The molecule has 1 aromatic rings. The Bertz CT molecular complexity index is 502. The molecule has 0 aliphatic carbocycles. The third kappa shape index (κ3) is 2.76. The zero-order chi connectivity index (χ0) is 15.3. The normalized spacial score (nSPS) is 11.4. The molecule has 7 heteroatoms. The highest BCUT2D eigenvalue weighted by Crippen LogP contribution is 2.43. The summed E-state index contributed by atoms with van der Waals surface area (Å²) in [5.41, 5.74) is 0.298. The molecule has 1 atom stereocenters. The van der Waals surface area contributed by atoms with Crippen LogP contribution in [-0.2, 0) is 9.59 Å². The maximum atomic E-state index is 11.4. The van der Waals surface area contributed by atoms with E-state index in [-0.39, 0.29) is 11.5 Å². The number of likely N-dealkylation sites (N-methyl/N-ethyl adjacent to an activating group) is 1. The first-order chi connectivity index (χ1) is 9.51. The van der Waals surface area contributed by atoms with E-state index >= 15 is 0 Å².